The van der Waals surface area contributed by atoms with E-state index >= 15 is 0 Å². The Balaban J connectivity index is 1.89. The lowest BCUT2D eigenvalue weighted by Gasteiger charge is -2.23. The minimum atomic E-state index is -0.236. The van der Waals surface area contributed by atoms with Gasteiger partial charge in [-0.3, -0.25) is 0 Å². The van der Waals surface area contributed by atoms with Crippen molar-refractivity contribution in [1.82, 2.24) is 0 Å². The molecular weight excluding hydrogens is 356 g/mol. The summed E-state index contributed by atoms with van der Waals surface area (Å²) in [5, 5.41) is 10.5. The summed E-state index contributed by atoms with van der Waals surface area (Å²) in [4.78, 5) is 0. The van der Waals surface area contributed by atoms with Gasteiger partial charge in [0.25, 0.3) is 0 Å². The number of aliphatic hydroxyl groups excluding tert-OH is 1. The molecule has 1 aliphatic rings. The lowest BCUT2D eigenvalue weighted by molar-refractivity contribution is -0.0470. The Bertz CT molecular complexity index is 318. The van der Waals surface area contributed by atoms with Crippen molar-refractivity contribution in [2.45, 2.75) is 167 Å². The van der Waals surface area contributed by atoms with Gasteiger partial charge in [-0.15, -0.1) is 0 Å². The highest BCUT2D eigenvalue weighted by atomic mass is 16.5. The van der Waals surface area contributed by atoms with Gasteiger partial charge >= 0.3 is 0 Å². The Morgan fingerprint density at radius 2 is 0.966 bits per heavy atom. The molecule has 1 saturated carbocycles. The van der Waals surface area contributed by atoms with E-state index in [4.69, 9.17) is 4.74 Å². The van der Waals surface area contributed by atoms with Gasteiger partial charge in [-0.2, -0.15) is 0 Å². The molecule has 0 amide bonds. The molecule has 1 aliphatic carbocycles. The van der Waals surface area contributed by atoms with Crippen molar-refractivity contribution in [1.29, 1.82) is 0 Å². The van der Waals surface area contributed by atoms with E-state index in [1.54, 1.807) is 0 Å². The number of rotatable bonds is 16. The van der Waals surface area contributed by atoms with Crippen molar-refractivity contribution >= 4 is 0 Å². The van der Waals surface area contributed by atoms with Crippen molar-refractivity contribution < 1.29 is 9.84 Å². The molecule has 0 aliphatic heterocycles. The van der Waals surface area contributed by atoms with Crippen molar-refractivity contribution in [3.63, 3.8) is 0 Å². The lowest BCUT2D eigenvalue weighted by Crippen LogP contribution is -2.29. The summed E-state index contributed by atoms with van der Waals surface area (Å²) in [6.07, 6.45) is 30.4. The minimum absolute atomic E-state index is 0.0927. The number of aliphatic hydroxyl groups is 1. The average molecular weight is 411 g/mol. The molecule has 174 valence electrons. The van der Waals surface area contributed by atoms with Crippen molar-refractivity contribution in [2.75, 3.05) is 6.61 Å². The molecule has 0 saturated heterocycles. The third-order valence-corrected chi connectivity index (χ3v) is 6.75. The third-order valence-electron chi connectivity index (χ3n) is 6.75. The number of hydrogen-bond acceptors (Lipinski definition) is 2. The van der Waals surface area contributed by atoms with E-state index in [1.165, 1.54) is 135 Å². The topological polar surface area (TPSA) is 29.5 Å². The summed E-state index contributed by atoms with van der Waals surface area (Å²) < 4.78 is 6.13. The molecular formula is C27H54O2. The van der Waals surface area contributed by atoms with Gasteiger partial charge in [0.1, 0.15) is 0 Å². The summed E-state index contributed by atoms with van der Waals surface area (Å²) >= 11 is 0. The van der Waals surface area contributed by atoms with Gasteiger partial charge in [0.2, 0.25) is 0 Å². The predicted molar refractivity (Wildman–Crippen MR) is 128 cm³/mol. The van der Waals surface area contributed by atoms with Gasteiger partial charge < -0.3 is 9.84 Å². The predicted octanol–water partition coefficient (Wildman–Crippen LogP) is 8.74. The van der Waals surface area contributed by atoms with Gasteiger partial charge in [-0.05, 0) is 19.3 Å². The van der Waals surface area contributed by atoms with E-state index < -0.39 is 0 Å². The van der Waals surface area contributed by atoms with Crippen LogP contribution in [0, 0.1) is 0 Å². The maximum Gasteiger partial charge on any atom is 0.0833 e. The van der Waals surface area contributed by atoms with Crippen molar-refractivity contribution in [3.8, 4) is 0 Å². The van der Waals surface area contributed by atoms with Gasteiger partial charge in [0, 0.05) is 6.61 Å². The first-order valence-corrected chi connectivity index (χ1v) is 13.6. The van der Waals surface area contributed by atoms with Crippen LogP contribution < -0.4 is 0 Å². The fourth-order valence-corrected chi connectivity index (χ4v) is 4.69. The molecule has 0 heterocycles. The molecule has 0 radical (unpaired) electrons. The number of hydrogen-bond donors (Lipinski definition) is 1. The Morgan fingerprint density at radius 1 is 0.552 bits per heavy atom. The molecule has 2 heteroatoms. The van der Waals surface area contributed by atoms with E-state index in [2.05, 4.69) is 6.92 Å². The summed E-state index contributed by atoms with van der Waals surface area (Å²) in [5.74, 6) is 0. The zero-order valence-electron chi connectivity index (χ0n) is 20.0. The monoisotopic (exact) mass is 410 g/mol. The molecule has 0 bridgehead atoms. The van der Waals surface area contributed by atoms with Crippen LogP contribution in [0.5, 0.6) is 0 Å². The summed E-state index contributed by atoms with van der Waals surface area (Å²) in [5.41, 5.74) is 0. The fraction of sp³-hybridized carbons (Fsp3) is 1.00. The SMILES string of the molecule is CCCCCCCCCCCCCCCCOC1CCCCCCCCCC1O. The highest BCUT2D eigenvalue weighted by Gasteiger charge is 2.19. The zero-order chi connectivity index (χ0) is 20.8. The molecule has 2 nitrogen and oxygen atoms in total. The molecule has 29 heavy (non-hydrogen) atoms. The van der Waals surface area contributed by atoms with E-state index in [-0.39, 0.29) is 12.2 Å². The maximum atomic E-state index is 10.5. The normalized spacial score (nSPS) is 21.7. The highest BCUT2D eigenvalue weighted by molar-refractivity contribution is 4.71. The van der Waals surface area contributed by atoms with Crippen LogP contribution in [0.1, 0.15) is 155 Å². The second-order valence-corrected chi connectivity index (χ2v) is 9.63. The first-order chi connectivity index (χ1) is 14.3. The summed E-state index contributed by atoms with van der Waals surface area (Å²) in [7, 11) is 0. The zero-order valence-corrected chi connectivity index (χ0v) is 20.0. The van der Waals surface area contributed by atoms with Gasteiger partial charge in [-0.25, -0.2) is 0 Å². The van der Waals surface area contributed by atoms with Crippen LogP contribution in [0.4, 0.5) is 0 Å². The van der Waals surface area contributed by atoms with Crippen LogP contribution in [-0.2, 0) is 4.74 Å². The van der Waals surface area contributed by atoms with Crippen LogP contribution in [0.25, 0.3) is 0 Å². The number of unbranched alkanes of at least 4 members (excludes halogenated alkanes) is 13. The minimum Gasteiger partial charge on any atom is -0.390 e. The highest BCUT2D eigenvalue weighted by Crippen LogP contribution is 2.20. The van der Waals surface area contributed by atoms with E-state index in [0.717, 1.165) is 19.4 Å². The molecule has 0 aromatic heterocycles. The molecule has 1 fully saturated rings. The average Bonchev–Trinajstić information content (AvgIpc) is 2.77. The Hall–Kier alpha value is -0.0800. The van der Waals surface area contributed by atoms with Crippen LogP contribution in [0.2, 0.25) is 0 Å². The summed E-state index contributed by atoms with van der Waals surface area (Å²) in [6, 6.07) is 0. The van der Waals surface area contributed by atoms with Gasteiger partial charge in [0.15, 0.2) is 0 Å². The first-order valence-electron chi connectivity index (χ1n) is 13.6. The first kappa shape index (κ1) is 27.0. The largest absolute Gasteiger partial charge is 0.390 e. The van der Waals surface area contributed by atoms with Crippen molar-refractivity contribution in [3.05, 3.63) is 0 Å². The van der Waals surface area contributed by atoms with E-state index in [1.807, 2.05) is 0 Å². The quantitative estimate of drug-likeness (QED) is 0.258. The fourth-order valence-electron chi connectivity index (χ4n) is 4.69. The maximum absolute atomic E-state index is 10.5. The molecule has 0 spiro atoms. The van der Waals surface area contributed by atoms with Crippen molar-refractivity contribution in [2.24, 2.45) is 0 Å². The van der Waals surface area contributed by atoms with Crippen LogP contribution >= 0.6 is 0 Å². The molecule has 2 atom stereocenters. The summed E-state index contributed by atoms with van der Waals surface area (Å²) in [6.45, 7) is 3.14. The Labute approximate surface area is 183 Å². The molecule has 0 aromatic rings. The smallest absolute Gasteiger partial charge is 0.0833 e. The Kier molecular flexibility index (Phi) is 19.7. The molecule has 2 unspecified atom stereocenters. The van der Waals surface area contributed by atoms with Gasteiger partial charge in [-0.1, -0.05) is 135 Å². The standard InChI is InChI=1S/C27H54O2/c1-2-3-4-5-6-7-8-9-10-11-12-16-19-22-25-29-27-24-21-18-15-13-14-17-20-23-26(27)28/h26-28H,2-25H2,1H3. The second-order valence-electron chi connectivity index (χ2n) is 9.63. The lowest BCUT2D eigenvalue weighted by atomic mass is 10.0. The second kappa shape index (κ2) is 21.2. The Morgan fingerprint density at radius 3 is 1.48 bits per heavy atom. The van der Waals surface area contributed by atoms with E-state index in [0.29, 0.717) is 0 Å². The van der Waals surface area contributed by atoms with E-state index in [9.17, 15) is 5.11 Å². The number of ether oxygens (including phenoxy) is 1. The van der Waals surface area contributed by atoms with Crippen LogP contribution in [0.3, 0.4) is 0 Å². The third kappa shape index (κ3) is 17.3. The van der Waals surface area contributed by atoms with Crippen LogP contribution in [0.15, 0.2) is 0 Å². The van der Waals surface area contributed by atoms with Crippen LogP contribution in [-0.4, -0.2) is 23.9 Å². The molecule has 0 aromatic carbocycles. The van der Waals surface area contributed by atoms with Gasteiger partial charge in [0.05, 0.1) is 12.2 Å². The molecule has 1 N–H and O–H groups in total. The molecule has 1 rings (SSSR count).